The van der Waals surface area contributed by atoms with Gasteiger partial charge in [-0.15, -0.1) is 0 Å². The Hall–Kier alpha value is -0.890. The van der Waals surface area contributed by atoms with Gasteiger partial charge in [-0.25, -0.2) is 4.39 Å². The van der Waals surface area contributed by atoms with Gasteiger partial charge in [0.25, 0.3) is 0 Å². The van der Waals surface area contributed by atoms with Gasteiger partial charge in [0.2, 0.25) is 0 Å². The Morgan fingerprint density at radius 3 is 2.53 bits per heavy atom. The first-order valence-electron chi connectivity index (χ1n) is 5.27. The van der Waals surface area contributed by atoms with Crippen LogP contribution in [0.1, 0.15) is 38.3 Å². The molecule has 0 amide bonds. The summed E-state index contributed by atoms with van der Waals surface area (Å²) in [6.07, 6.45) is 0.146. The van der Waals surface area contributed by atoms with Crippen LogP contribution in [-0.2, 0) is 5.41 Å². The maximum Gasteiger partial charge on any atom is 0.126 e. The maximum absolute atomic E-state index is 13.6. The average molecular weight is 210 g/mol. The summed E-state index contributed by atoms with van der Waals surface area (Å²) in [6.45, 7) is 7.59. The van der Waals surface area contributed by atoms with Crippen LogP contribution in [0, 0.1) is 12.7 Å². The van der Waals surface area contributed by atoms with Gasteiger partial charge in [-0.05, 0) is 37.3 Å². The number of aliphatic hydroxyl groups excluding tert-OH is 1. The van der Waals surface area contributed by atoms with Crippen molar-refractivity contribution < 1.29 is 9.50 Å². The van der Waals surface area contributed by atoms with E-state index in [2.05, 4.69) is 0 Å². The number of aliphatic hydroxyl groups is 1. The summed E-state index contributed by atoms with van der Waals surface area (Å²) in [7, 11) is 0. The number of hydrogen-bond acceptors (Lipinski definition) is 1. The van der Waals surface area contributed by atoms with E-state index >= 15 is 0 Å². The molecule has 0 fully saturated rings. The van der Waals surface area contributed by atoms with Crippen LogP contribution in [0.3, 0.4) is 0 Å². The Labute approximate surface area is 90.9 Å². The SMILES string of the molecule is Cc1ccc(F)c(C(C)(C)CC(C)O)c1. The third-order valence-corrected chi connectivity index (χ3v) is 2.66. The quantitative estimate of drug-likeness (QED) is 0.812. The monoisotopic (exact) mass is 210 g/mol. The Balaban J connectivity index is 3.08. The highest BCUT2D eigenvalue weighted by atomic mass is 19.1. The van der Waals surface area contributed by atoms with Crippen LogP contribution in [0.15, 0.2) is 18.2 Å². The molecule has 1 N–H and O–H groups in total. The van der Waals surface area contributed by atoms with Crippen LogP contribution in [0.2, 0.25) is 0 Å². The van der Waals surface area contributed by atoms with Crippen LogP contribution in [0.25, 0.3) is 0 Å². The lowest BCUT2D eigenvalue weighted by molar-refractivity contribution is 0.155. The molecule has 1 aromatic carbocycles. The van der Waals surface area contributed by atoms with E-state index in [0.717, 1.165) is 5.56 Å². The van der Waals surface area contributed by atoms with Crippen LogP contribution >= 0.6 is 0 Å². The van der Waals surface area contributed by atoms with Crippen molar-refractivity contribution >= 4 is 0 Å². The fourth-order valence-electron chi connectivity index (χ4n) is 2.01. The summed E-state index contributed by atoms with van der Waals surface area (Å²) in [5.74, 6) is -0.189. The summed E-state index contributed by atoms with van der Waals surface area (Å²) in [5.41, 5.74) is 1.40. The molecule has 1 rings (SSSR count). The highest BCUT2D eigenvalue weighted by Gasteiger charge is 2.25. The van der Waals surface area contributed by atoms with Crippen molar-refractivity contribution in [3.8, 4) is 0 Å². The second-order valence-electron chi connectivity index (χ2n) is 4.92. The van der Waals surface area contributed by atoms with Crippen molar-refractivity contribution in [1.29, 1.82) is 0 Å². The molecule has 0 radical (unpaired) electrons. The molecule has 0 aliphatic carbocycles. The first-order chi connectivity index (χ1) is 6.83. The summed E-state index contributed by atoms with van der Waals surface area (Å²) in [4.78, 5) is 0. The minimum Gasteiger partial charge on any atom is -0.393 e. The lowest BCUT2D eigenvalue weighted by Crippen LogP contribution is -2.24. The largest absolute Gasteiger partial charge is 0.393 e. The number of hydrogen-bond donors (Lipinski definition) is 1. The summed E-state index contributed by atoms with van der Waals surface area (Å²) in [5, 5.41) is 9.39. The molecular weight excluding hydrogens is 191 g/mol. The maximum atomic E-state index is 13.6. The van der Waals surface area contributed by atoms with E-state index in [1.165, 1.54) is 6.07 Å². The lowest BCUT2D eigenvalue weighted by atomic mass is 9.79. The van der Waals surface area contributed by atoms with Gasteiger partial charge in [0.1, 0.15) is 5.82 Å². The van der Waals surface area contributed by atoms with E-state index in [-0.39, 0.29) is 11.2 Å². The smallest absolute Gasteiger partial charge is 0.126 e. The van der Waals surface area contributed by atoms with Gasteiger partial charge in [-0.3, -0.25) is 0 Å². The van der Waals surface area contributed by atoms with Crippen molar-refractivity contribution in [2.45, 2.75) is 45.6 Å². The fourth-order valence-corrected chi connectivity index (χ4v) is 2.01. The number of halogens is 1. The fraction of sp³-hybridized carbons (Fsp3) is 0.538. The van der Waals surface area contributed by atoms with Gasteiger partial charge >= 0.3 is 0 Å². The predicted molar refractivity (Wildman–Crippen MR) is 60.5 cm³/mol. The van der Waals surface area contributed by atoms with E-state index in [4.69, 9.17) is 0 Å². The Bertz CT molecular complexity index is 342. The number of rotatable bonds is 3. The Morgan fingerprint density at radius 1 is 1.40 bits per heavy atom. The lowest BCUT2D eigenvalue weighted by Gasteiger charge is -2.27. The molecule has 0 heterocycles. The number of benzene rings is 1. The summed E-state index contributed by atoms with van der Waals surface area (Å²) < 4.78 is 13.6. The molecule has 1 atom stereocenters. The zero-order valence-electron chi connectivity index (χ0n) is 9.84. The van der Waals surface area contributed by atoms with Gasteiger partial charge < -0.3 is 5.11 Å². The molecule has 1 nitrogen and oxygen atoms in total. The second kappa shape index (κ2) is 4.31. The van der Waals surface area contributed by atoms with Crippen LogP contribution in [-0.4, -0.2) is 11.2 Å². The van der Waals surface area contributed by atoms with Gasteiger partial charge in [0.05, 0.1) is 6.10 Å². The van der Waals surface area contributed by atoms with Crippen molar-refractivity contribution in [2.24, 2.45) is 0 Å². The molecule has 1 aromatic rings. The highest BCUT2D eigenvalue weighted by Crippen LogP contribution is 2.31. The van der Waals surface area contributed by atoms with Crippen LogP contribution < -0.4 is 0 Å². The molecular formula is C13H19FO. The molecule has 0 saturated heterocycles. The molecule has 0 aliphatic rings. The van der Waals surface area contributed by atoms with Gasteiger partial charge in [-0.2, -0.15) is 0 Å². The Morgan fingerprint density at radius 2 is 2.00 bits per heavy atom. The standard InChI is InChI=1S/C13H19FO/c1-9-5-6-12(14)11(7-9)13(3,4)8-10(2)15/h5-7,10,15H,8H2,1-4H3. The first kappa shape index (κ1) is 12.2. The molecule has 0 bridgehead atoms. The van der Waals surface area contributed by atoms with Crippen LogP contribution in [0.4, 0.5) is 4.39 Å². The van der Waals surface area contributed by atoms with E-state index in [1.807, 2.05) is 26.8 Å². The molecule has 0 spiro atoms. The minimum atomic E-state index is -0.417. The van der Waals surface area contributed by atoms with Crippen molar-refractivity contribution in [1.82, 2.24) is 0 Å². The van der Waals surface area contributed by atoms with Crippen molar-refractivity contribution in [3.63, 3.8) is 0 Å². The molecule has 0 saturated carbocycles. The van der Waals surface area contributed by atoms with Gasteiger partial charge in [-0.1, -0.05) is 31.5 Å². The zero-order chi connectivity index (χ0) is 11.6. The second-order valence-corrected chi connectivity index (χ2v) is 4.92. The minimum absolute atomic E-state index is 0.189. The normalized spacial score (nSPS) is 14.0. The van der Waals surface area contributed by atoms with E-state index in [1.54, 1.807) is 13.0 Å². The van der Waals surface area contributed by atoms with E-state index < -0.39 is 6.10 Å². The molecule has 2 heteroatoms. The predicted octanol–water partition coefficient (Wildman–Crippen LogP) is 3.18. The molecule has 15 heavy (non-hydrogen) atoms. The Kier molecular flexibility index (Phi) is 3.50. The zero-order valence-corrected chi connectivity index (χ0v) is 9.84. The third-order valence-electron chi connectivity index (χ3n) is 2.66. The van der Waals surface area contributed by atoms with E-state index in [9.17, 15) is 9.50 Å². The third kappa shape index (κ3) is 3.03. The first-order valence-corrected chi connectivity index (χ1v) is 5.27. The average Bonchev–Trinajstić information content (AvgIpc) is 2.06. The number of aryl methyl sites for hydroxylation is 1. The molecule has 84 valence electrons. The molecule has 1 unspecified atom stereocenters. The highest BCUT2D eigenvalue weighted by molar-refractivity contribution is 5.30. The van der Waals surface area contributed by atoms with Crippen molar-refractivity contribution in [3.05, 3.63) is 35.1 Å². The summed E-state index contributed by atoms with van der Waals surface area (Å²) in [6, 6.07) is 5.11. The topological polar surface area (TPSA) is 20.2 Å². The molecule has 0 aromatic heterocycles. The summed E-state index contributed by atoms with van der Waals surface area (Å²) >= 11 is 0. The van der Waals surface area contributed by atoms with Crippen LogP contribution in [0.5, 0.6) is 0 Å². The molecule has 0 aliphatic heterocycles. The van der Waals surface area contributed by atoms with Gasteiger partial charge in [0, 0.05) is 0 Å². The van der Waals surface area contributed by atoms with Gasteiger partial charge in [0.15, 0.2) is 0 Å². The van der Waals surface area contributed by atoms with Crippen molar-refractivity contribution in [2.75, 3.05) is 0 Å². The van der Waals surface area contributed by atoms with E-state index in [0.29, 0.717) is 12.0 Å².